The Labute approximate surface area is 103 Å². The zero-order valence-corrected chi connectivity index (χ0v) is 12.1. The fraction of sp³-hybridized carbons (Fsp3) is 1.00. The molecule has 1 N–H and O–H groups in total. The van der Waals surface area contributed by atoms with E-state index in [9.17, 15) is 0 Å². The van der Waals surface area contributed by atoms with Gasteiger partial charge in [0, 0.05) is 12.1 Å². The Morgan fingerprint density at radius 1 is 1.06 bits per heavy atom. The lowest BCUT2D eigenvalue weighted by molar-refractivity contribution is 0.237. The zero-order valence-electron chi connectivity index (χ0n) is 12.1. The van der Waals surface area contributed by atoms with Crippen LogP contribution in [-0.2, 0) is 0 Å². The molecule has 0 fully saturated rings. The molecular formula is C14H32N2. The Kier molecular flexibility index (Phi) is 10.0. The summed E-state index contributed by atoms with van der Waals surface area (Å²) in [5.74, 6) is 0. The lowest BCUT2D eigenvalue weighted by Crippen LogP contribution is -2.32. The van der Waals surface area contributed by atoms with Gasteiger partial charge in [-0.25, -0.2) is 0 Å². The van der Waals surface area contributed by atoms with Crippen LogP contribution in [-0.4, -0.2) is 37.1 Å². The smallest absolute Gasteiger partial charge is 0.00637 e. The van der Waals surface area contributed by atoms with E-state index in [1.165, 1.54) is 38.6 Å². The molecule has 0 aliphatic heterocycles. The van der Waals surface area contributed by atoms with Crippen molar-refractivity contribution in [3.8, 4) is 0 Å². The highest BCUT2D eigenvalue weighted by Crippen LogP contribution is 2.06. The standard InChI is InChI=1S/C14H32N2/c1-6-9-14(4)16(5)12-8-10-13(3)15-11-7-2/h13-15H,6-12H2,1-5H3. The predicted octanol–water partition coefficient (Wildman–Crippen LogP) is 3.28. The SMILES string of the molecule is CCCNC(C)CCCN(C)C(C)CCC. The normalized spacial score (nSPS) is 15.4. The fourth-order valence-electron chi connectivity index (χ4n) is 2.00. The van der Waals surface area contributed by atoms with Gasteiger partial charge in [0.25, 0.3) is 0 Å². The molecule has 16 heavy (non-hydrogen) atoms. The highest BCUT2D eigenvalue weighted by atomic mass is 15.1. The molecular weight excluding hydrogens is 196 g/mol. The lowest BCUT2D eigenvalue weighted by atomic mass is 10.1. The first-order chi connectivity index (χ1) is 7.61. The van der Waals surface area contributed by atoms with Crippen LogP contribution in [0.2, 0.25) is 0 Å². The van der Waals surface area contributed by atoms with Crippen LogP contribution in [0.1, 0.15) is 59.8 Å². The molecule has 0 amide bonds. The molecule has 0 aromatic carbocycles. The third kappa shape index (κ3) is 8.12. The quantitative estimate of drug-likeness (QED) is 0.617. The van der Waals surface area contributed by atoms with Crippen molar-refractivity contribution in [1.82, 2.24) is 10.2 Å². The largest absolute Gasteiger partial charge is 0.314 e. The van der Waals surface area contributed by atoms with E-state index >= 15 is 0 Å². The van der Waals surface area contributed by atoms with Gasteiger partial charge >= 0.3 is 0 Å². The van der Waals surface area contributed by atoms with Gasteiger partial charge in [-0.2, -0.15) is 0 Å². The maximum absolute atomic E-state index is 3.54. The van der Waals surface area contributed by atoms with E-state index in [1.807, 2.05) is 0 Å². The molecule has 0 rings (SSSR count). The Balaban J connectivity index is 3.49. The molecule has 0 saturated heterocycles. The average Bonchev–Trinajstić information content (AvgIpc) is 2.26. The summed E-state index contributed by atoms with van der Waals surface area (Å²) in [5.41, 5.74) is 0. The first kappa shape index (κ1) is 15.9. The van der Waals surface area contributed by atoms with Gasteiger partial charge in [-0.3, -0.25) is 0 Å². The summed E-state index contributed by atoms with van der Waals surface area (Å²) in [7, 11) is 2.25. The Bertz CT molecular complexity index is 148. The van der Waals surface area contributed by atoms with Gasteiger partial charge in [-0.05, 0) is 59.7 Å². The van der Waals surface area contributed by atoms with Crippen molar-refractivity contribution in [2.45, 2.75) is 71.9 Å². The van der Waals surface area contributed by atoms with Crippen molar-refractivity contribution in [1.29, 1.82) is 0 Å². The van der Waals surface area contributed by atoms with Crippen molar-refractivity contribution in [3.05, 3.63) is 0 Å². The average molecular weight is 228 g/mol. The minimum absolute atomic E-state index is 0.676. The van der Waals surface area contributed by atoms with Crippen LogP contribution in [0.15, 0.2) is 0 Å². The first-order valence-electron chi connectivity index (χ1n) is 7.05. The number of hydrogen-bond donors (Lipinski definition) is 1. The van der Waals surface area contributed by atoms with E-state index in [0.717, 1.165) is 12.6 Å². The Morgan fingerprint density at radius 2 is 1.75 bits per heavy atom. The molecule has 0 heterocycles. The van der Waals surface area contributed by atoms with Crippen LogP contribution < -0.4 is 5.32 Å². The summed E-state index contributed by atoms with van der Waals surface area (Å²) in [6.07, 6.45) is 6.45. The predicted molar refractivity (Wildman–Crippen MR) is 74.0 cm³/mol. The van der Waals surface area contributed by atoms with E-state index in [1.54, 1.807) is 0 Å². The van der Waals surface area contributed by atoms with Crippen molar-refractivity contribution in [3.63, 3.8) is 0 Å². The van der Waals surface area contributed by atoms with Crippen molar-refractivity contribution >= 4 is 0 Å². The topological polar surface area (TPSA) is 15.3 Å². The van der Waals surface area contributed by atoms with E-state index in [-0.39, 0.29) is 0 Å². The maximum atomic E-state index is 3.54. The molecule has 2 unspecified atom stereocenters. The minimum Gasteiger partial charge on any atom is -0.314 e. The molecule has 0 aromatic rings. The van der Waals surface area contributed by atoms with Gasteiger partial charge in [0.05, 0.1) is 0 Å². The summed E-state index contributed by atoms with van der Waals surface area (Å²) in [6, 6.07) is 1.42. The third-order valence-electron chi connectivity index (χ3n) is 3.35. The number of nitrogens with zero attached hydrogens (tertiary/aromatic N) is 1. The summed E-state index contributed by atoms with van der Waals surface area (Å²) in [5, 5.41) is 3.54. The molecule has 0 radical (unpaired) electrons. The minimum atomic E-state index is 0.676. The van der Waals surface area contributed by atoms with Crippen LogP contribution in [0.5, 0.6) is 0 Å². The van der Waals surface area contributed by atoms with Crippen LogP contribution in [0, 0.1) is 0 Å². The highest BCUT2D eigenvalue weighted by Gasteiger charge is 2.08. The van der Waals surface area contributed by atoms with Gasteiger partial charge in [0.15, 0.2) is 0 Å². The van der Waals surface area contributed by atoms with Crippen LogP contribution in [0.3, 0.4) is 0 Å². The molecule has 2 nitrogen and oxygen atoms in total. The van der Waals surface area contributed by atoms with E-state index < -0.39 is 0 Å². The Hall–Kier alpha value is -0.0800. The first-order valence-corrected chi connectivity index (χ1v) is 7.05. The highest BCUT2D eigenvalue weighted by molar-refractivity contribution is 4.65. The second-order valence-corrected chi connectivity index (χ2v) is 5.12. The van der Waals surface area contributed by atoms with Gasteiger partial charge < -0.3 is 10.2 Å². The second-order valence-electron chi connectivity index (χ2n) is 5.12. The van der Waals surface area contributed by atoms with Crippen LogP contribution in [0.4, 0.5) is 0 Å². The van der Waals surface area contributed by atoms with E-state index in [2.05, 4.69) is 45.0 Å². The number of hydrogen-bond acceptors (Lipinski definition) is 2. The van der Waals surface area contributed by atoms with Crippen LogP contribution >= 0.6 is 0 Å². The molecule has 2 atom stereocenters. The molecule has 0 saturated carbocycles. The monoisotopic (exact) mass is 228 g/mol. The van der Waals surface area contributed by atoms with Gasteiger partial charge in [-0.1, -0.05) is 20.3 Å². The molecule has 0 aliphatic carbocycles. The molecule has 0 spiro atoms. The van der Waals surface area contributed by atoms with E-state index in [4.69, 9.17) is 0 Å². The molecule has 0 bridgehead atoms. The Morgan fingerprint density at radius 3 is 2.31 bits per heavy atom. The number of rotatable bonds is 10. The van der Waals surface area contributed by atoms with E-state index in [0.29, 0.717) is 6.04 Å². The lowest BCUT2D eigenvalue weighted by Gasteiger charge is -2.25. The maximum Gasteiger partial charge on any atom is 0.00637 e. The van der Waals surface area contributed by atoms with Crippen molar-refractivity contribution in [2.75, 3.05) is 20.1 Å². The van der Waals surface area contributed by atoms with Crippen LogP contribution in [0.25, 0.3) is 0 Å². The summed E-state index contributed by atoms with van der Waals surface area (Å²) in [4.78, 5) is 2.50. The van der Waals surface area contributed by atoms with Gasteiger partial charge in [0.2, 0.25) is 0 Å². The molecule has 98 valence electrons. The summed E-state index contributed by atoms with van der Waals surface area (Å²) in [6.45, 7) is 11.5. The number of nitrogens with one attached hydrogen (secondary N) is 1. The van der Waals surface area contributed by atoms with Crippen molar-refractivity contribution in [2.24, 2.45) is 0 Å². The zero-order chi connectivity index (χ0) is 12.4. The third-order valence-corrected chi connectivity index (χ3v) is 3.35. The second kappa shape index (κ2) is 10.1. The van der Waals surface area contributed by atoms with Gasteiger partial charge in [0.1, 0.15) is 0 Å². The summed E-state index contributed by atoms with van der Waals surface area (Å²) >= 11 is 0. The molecule has 0 aromatic heterocycles. The molecule has 0 aliphatic rings. The molecule has 2 heteroatoms. The summed E-state index contributed by atoms with van der Waals surface area (Å²) < 4.78 is 0. The van der Waals surface area contributed by atoms with Crippen molar-refractivity contribution < 1.29 is 0 Å². The van der Waals surface area contributed by atoms with Gasteiger partial charge in [-0.15, -0.1) is 0 Å². The fourth-order valence-corrected chi connectivity index (χ4v) is 2.00.